The van der Waals surface area contributed by atoms with Gasteiger partial charge in [0.15, 0.2) is 6.39 Å². The molecule has 0 bridgehead atoms. The zero-order chi connectivity index (χ0) is 6.85. The van der Waals surface area contributed by atoms with Crippen molar-refractivity contribution in [2.24, 2.45) is 0 Å². The maximum absolute atomic E-state index is 10.1. The molecule has 1 aromatic rings. The van der Waals surface area contributed by atoms with E-state index in [0.29, 0.717) is 0 Å². The van der Waals surface area contributed by atoms with Crippen molar-refractivity contribution in [2.75, 3.05) is 0 Å². The van der Waals surface area contributed by atoms with E-state index in [1.165, 1.54) is 0 Å². The Morgan fingerprint density at radius 3 is 2.78 bits per heavy atom. The lowest BCUT2D eigenvalue weighted by atomic mass is 10.5. The second-order valence-electron chi connectivity index (χ2n) is 1.28. The molecule has 9 heavy (non-hydrogen) atoms. The van der Waals surface area contributed by atoms with Crippen LogP contribution in [0.15, 0.2) is 10.8 Å². The number of halogens is 1. The lowest BCUT2D eigenvalue weighted by Crippen LogP contribution is -1.95. The summed E-state index contributed by atoms with van der Waals surface area (Å²) in [5.74, 6) is -1.19. The first-order valence-electron chi connectivity index (χ1n) is 2.04. The summed E-state index contributed by atoms with van der Waals surface area (Å²) >= 11 is 5.22. The lowest BCUT2D eigenvalue weighted by Gasteiger charge is -1.80. The van der Waals surface area contributed by atoms with E-state index in [0.717, 1.165) is 6.39 Å². The number of aromatic carboxylic acids is 1. The van der Waals surface area contributed by atoms with Crippen LogP contribution in [0.2, 0.25) is 5.22 Å². The smallest absolute Gasteiger partial charge is 0.359 e. The highest BCUT2D eigenvalue weighted by molar-refractivity contribution is 6.31. The van der Waals surface area contributed by atoms with Crippen LogP contribution in [0.3, 0.4) is 0 Å². The van der Waals surface area contributed by atoms with Crippen molar-refractivity contribution < 1.29 is 14.3 Å². The van der Waals surface area contributed by atoms with E-state index in [1.807, 2.05) is 0 Å². The Balaban J connectivity index is 3.08. The Kier molecular flexibility index (Phi) is 1.40. The molecule has 1 heterocycles. The summed E-state index contributed by atoms with van der Waals surface area (Å²) < 4.78 is 4.40. The van der Waals surface area contributed by atoms with Crippen molar-refractivity contribution in [3.8, 4) is 0 Å². The van der Waals surface area contributed by atoms with E-state index in [2.05, 4.69) is 9.40 Å². The molecular weight excluding hydrogens is 146 g/mol. The van der Waals surface area contributed by atoms with E-state index in [-0.39, 0.29) is 10.9 Å². The van der Waals surface area contributed by atoms with Crippen LogP contribution in [0.4, 0.5) is 0 Å². The van der Waals surface area contributed by atoms with Crippen molar-refractivity contribution in [1.82, 2.24) is 4.98 Å². The van der Waals surface area contributed by atoms with Crippen LogP contribution in [0.5, 0.6) is 0 Å². The number of carbonyl (C=O) groups is 1. The fourth-order valence-corrected chi connectivity index (χ4v) is 0.541. The Morgan fingerprint density at radius 1 is 1.89 bits per heavy atom. The van der Waals surface area contributed by atoms with Gasteiger partial charge in [-0.1, -0.05) is 0 Å². The van der Waals surface area contributed by atoms with E-state index < -0.39 is 5.97 Å². The first-order chi connectivity index (χ1) is 4.22. The third-order valence-corrected chi connectivity index (χ3v) is 0.995. The van der Waals surface area contributed by atoms with Gasteiger partial charge in [-0.3, -0.25) is 0 Å². The predicted molar refractivity (Wildman–Crippen MR) is 28.5 cm³/mol. The average molecular weight is 148 g/mol. The Bertz CT molecular complexity index is 231. The summed E-state index contributed by atoms with van der Waals surface area (Å²) in [5.41, 5.74) is -0.253. The van der Waals surface area contributed by atoms with Crippen LogP contribution < -0.4 is 0 Å². The number of rotatable bonds is 1. The molecule has 0 amide bonds. The minimum absolute atomic E-state index is 0.192. The van der Waals surface area contributed by atoms with Gasteiger partial charge < -0.3 is 9.52 Å². The largest absolute Gasteiger partial charge is 0.476 e. The minimum Gasteiger partial charge on any atom is -0.476 e. The quantitative estimate of drug-likeness (QED) is 0.644. The minimum atomic E-state index is -1.19. The number of oxazole rings is 1. The van der Waals surface area contributed by atoms with Gasteiger partial charge in [-0.2, -0.15) is 0 Å². The summed E-state index contributed by atoms with van der Waals surface area (Å²) in [6.07, 6.45) is 0.978. The summed E-state index contributed by atoms with van der Waals surface area (Å²) in [6, 6.07) is 0. The van der Waals surface area contributed by atoms with Gasteiger partial charge in [0.25, 0.3) is 0 Å². The van der Waals surface area contributed by atoms with Crippen LogP contribution >= 0.6 is 11.6 Å². The van der Waals surface area contributed by atoms with Crippen molar-refractivity contribution in [3.63, 3.8) is 0 Å². The predicted octanol–water partition coefficient (Wildman–Crippen LogP) is 1.03. The second kappa shape index (κ2) is 2.06. The molecule has 1 rings (SSSR count). The van der Waals surface area contributed by atoms with Gasteiger partial charge in [-0.05, 0) is 11.6 Å². The Morgan fingerprint density at radius 2 is 2.56 bits per heavy atom. The number of carboxylic acids is 1. The molecule has 0 radical (unpaired) electrons. The molecule has 0 aromatic carbocycles. The van der Waals surface area contributed by atoms with Gasteiger partial charge >= 0.3 is 5.97 Å². The van der Waals surface area contributed by atoms with E-state index in [4.69, 9.17) is 16.7 Å². The Labute approximate surface area is 55.1 Å². The van der Waals surface area contributed by atoms with Crippen LogP contribution in [0.25, 0.3) is 0 Å². The summed E-state index contributed by atoms with van der Waals surface area (Å²) in [4.78, 5) is 13.4. The normalized spacial score (nSPS) is 9.44. The van der Waals surface area contributed by atoms with E-state index in [9.17, 15) is 4.79 Å². The molecule has 1 aromatic heterocycles. The molecule has 0 spiro atoms. The number of carboxylic acid groups (broad SMARTS) is 1. The lowest BCUT2D eigenvalue weighted by molar-refractivity contribution is 0.0691. The van der Waals surface area contributed by atoms with Crippen LogP contribution in [-0.2, 0) is 0 Å². The van der Waals surface area contributed by atoms with Crippen molar-refractivity contribution in [1.29, 1.82) is 0 Å². The zero-order valence-corrected chi connectivity index (χ0v) is 4.92. The number of aromatic nitrogens is 1. The zero-order valence-electron chi connectivity index (χ0n) is 4.17. The fourth-order valence-electron chi connectivity index (χ4n) is 0.371. The van der Waals surface area contributed by atoms with Gasteiger partial charge in [0.1, 0.15) is 0 Å². The maximum Gasteiger partial charge on any atom is 0.359 e. The van der Waals surface area contributed by atoms with Gasteiger partial charge in [0.05, 0.1) is 0 Å². The molecule has 0 unspecified atom stereocenters. The molecule has 48 valence electrons. The van der Waals surface area contributed by atoms with E-state index in [1.54, 1.807) is 0 Å². The second-order valence-corrected chi connectivity index (χ2v) is 1.62. The molecule has 0 aliphatic carbocycles. The van der Waals surface area contributed by atoms with Crippen LogP contribution in [0, 0.1) is 0 Å². The molecule has 4 nitrogen and oxygen atoms in total. The highest BCUT2D eigenvalue weighted by Crippen LogP contribution is 2.12. The molecule has 0 saturated carbocycles. The first kappa shape index (κ1) is 6.10. The number of hydrogen-bond donors (Lipinski definition) is 1. The number of nitrogens with zero attached hydrogens (tertiary/aromatic N) is 1. The molecular formula is C4H2ClNO3. The first-order valence-corrected chi connectivity index (χ1v) is 2.42. The van der Waals surface area contributed by atoms with Gasteiger partial charge in [-0.25, -0.2) is 9.78 Å². The summed E-state index contributed by atoms with van der Waals surface area (Å²) in [5, 5.41) is 8.06. The molecule has 1 N–H and O–H groups in total. The maximum atomic E-state index is 10.1. The standard InChI is InChI=1S/C4H2ClNO3/c5-3-2(4(7)8)6-1-9-3/h1H,(H,7,8). The van der Waals surface area contributed by atoms with Crippen LogP contribution in [0.1, 0.15) is 10.5 Å². The third-order valence-electron chi connectivity index (χ3n) is 0.727. The van der Waals surface area contributed by atoms with Crippen LogP contribution in [-0.4, -0.2) is 16.1 Å². The van der Waals surface area contributed by atoms with Gasteiger partial charge in [0.2, 0.25) is 10.9 Å². The molecule has 0 aliphatic heterocycles. The van der Waals surface area contributed by atoms with Gasteiger partial charge in [0, 0.05) is 0 Å². The van der Waals surface area contributed by atoms with Crippen molar-refractivity contribution >= 4 is 17.6 Å². The SMILES string of the molecule is O=C(O)c1ncoc1Cl. The molecule has 0 saturated heterocycles. The highest BCUT2D eigenvalue weighted by Gasteiger charge is 2.11. The summed E-state index contributed by atoms with van der Waals surface area (Å²) in [6.45, 7) is 0. The Hall–Kier alpha value is -1.03. The number of hydrogen-bond acceptors (Lipinski definition) is 3. The highest BCUT2D eigenvalue weighted by atomic mass is 35.5. The third kappa shape index (κ3) is 1.02. The molecule has 0 aliphatic rings. The summed E-state index contributed by atoms with van der Waals surface area (Å²) in [7, 11) is 0. The average Bonchev–Trinajstić information content (AvgIpc) is 2.13. The topological polar surface area (TPSA) is 63.3 Å². The van der Waals surface area contributed by atoms with Gasteiger partial charge in [-0.15, -0.1) is 0 Å². The monoisotopic (exact) mass is 147 g/mol. The van der Waals surface area contributed by atoms with Crippen molar-refractivity contribution in [2.45, 2.75) is 0 Å². The molecule has 0 fully saturated rings. The molecule has 5 heteroatoms. The molecule has 0 atom stereocenters. The van der Waals surface area contributed by atoms with Crippen molar-refractivity contribution in [3.05, 3.63) is 17.3 Å². The van der Waals surface area contributed by atoms with E-state index >= 15 is 0 Å². The fraction of sp³-hybridized carbons (Fsp3) is 0.